The average molecular weight is 359 g/mol. The minimum atomic E-state index is -4.35. The van der Waals surface area contributed by atoms with Crippen LogP contribution in [-0.4, -0.2) is 28.7 Å². The Morgan fingerprint density at radius 1 is 1.04 bits per heavy atom. The van der Waals surface area contributed by atoms with Gasteiger partial charge < -0.3 is 5.32 Å². The third-order valence-electron chi connectivity index (χ3n) is 4.97. The van der Waals surface area contributed by atoms with Crippen LogP contribution >= 0.6 is 0 Å². The van der Waals surface area contributed by atoms with E-state index in [9.17, 15) is 18.0 Å². The lowest BCUT2D eigenvalue weighted by Crippen LogP contribution is -2.33. The molecule has 2 aliphatic rings. The van der Waals surface area contributed by atoms with Gasteiger partial charge in [0.25, 0.3) is 0 Å². The van der Waals surface area contributed by atoms with Crippen molar-refractivity contribution in [3.63, 3.8) is 0 Å². The van der Waals surface area contributed by atoms with Crippen LogP contribution in [0.5, 0.6) is 0 Å². The van der Waals surface area contributed by atoms with Crippen LogP contribution in [0.25, 0.3) is 11.1 Å². The zero-order chi connectivity index (χ0) is 18.4. The van der Waals surface area contributed by atoms with Gasteiger partial charge in [-0.2, -0.15) is 13.2 Å². The molecule has 4 nitrogen and oxygen atoms in total. The summed E-state index contributed by atoms with van der Waals surface area (Å²) in [6.07, 6.45) is -0.716. The summed E-state index contributed by atoms with van der Waals surface area (Å²) in [5.74, 6) is -0.0357. The Bertz CT molecular complexity index is 890. The number of aromatic nitrogens is 1. The standard InChI is InChI=1S/C19H16F3N3O/c20-19(21,22)14-3-1-12(2-4-14)13-6-9-23-16(11-13)15-5-7-18(25-15)8-10-24-17(18)26/h1-4,6,9,11H,5,7-8,10H2,(H,24,26)/t18-/m0/s1. The summed E-state index contributed by atoms with van der Waals surface area (Å²) >= 11 is 0. The predicted octanol–water partition coefficient (Wildman–Crippen LogP) is 3.61. The number of carbonyl (C=O) groups excluding carboxylic acids is 1. The first-order valence-electron chi connectivity index (χ1n) is 8.39. The summed E-state index contributed by atoms with van der Waals surface area (Å²) < 4.78 is 38.1. The molecule has 1 spiro atoms. The minimum absolute atomic E-state index is 0.0357. The minimum Gasteiger partial charge on any atom is -0.354 e. The molecule has 2 aliphatic heterocycles. The van der Waals surface area contributed by atoms with Crippen molar-refractivity contribution in [1.82, 2.24) is 10.3 Å². The molecule has 4 rings (SSSR count). The molecule has 2 aromatic rings. The van der Waals surface area contributed by atoms with E-state index in [1.807, 2.05) is 6.07 Å². The van der Waals surface area contributed by atoms with Crippen LogP contribution in [0, 0.1) is 0 Å². The topological polar surface area (TPSA) is 54.4 Å². The molecule has 1 amide bonds. The number of aliphatic imine (C=N–C) groups is 1. The van der Waals surface area contributed by atoms with Gasteiger partial charge in [0.1, 0.15) is 5.54 Å². The van der Waals surface area contributed by atoms with Gasteiger partial charge in [-0.25, -0.2) is 0 Å². The van der Waals surface area contributed by atoms with Gasteiger partial charge in [0.05, 0.1) is 17.0 Å². The number of alkyl halides is 3. The summed E-state index contributed by atoms with van der Waals surface area (Å²) in [6, 6.07) is 8.60. The molecule has 7 heteroatoms. The van der Waals surface area contributed by atoms with Crippen molar-refractivity contribution in [3.8, 4) is 11.1 Å². The molecular weight excluding hydrogens is 343 g/mol. The Hall–Kier alpha value is -2.70. The smallest absolute Gasteiger partial charge is 0.354 e. The second kappa shape index (κ2) is 5.93. The summed E-state index contributed by atoms with van der Waals surface area (Å²) in [4.78, 5) is 21.0. The third kappa shape index (κ3) is 2.87. The fourth-order valence-corrected chi connectivity index (χ4v) is 3.51. The van der Waals surface area contributed by atoms with E-state index in [1.54, 1.807) is 12.3 Å². The molecule has 1 fully saturated rings. The van der Waals surface area contributed by atoms with Gasteiger partial charge >= 0.3 is 6.18 Å². The second-order valence-corrected chi connectivity index (χ2v) is 6.60. The highest BCUT2D eigenvalue weighted by Crippen LogP contribution is 2.35. The van der Waals surface area contributed by atoms with Crippen LogP contribution in [0.3, 0.4) is 0 Å². The maximum Gasteiger partial charge on any atom is 0.416 e. The Morgan fingerprint density at radius 3 is 2.46 bits per heavy atom. The van der Waals surface area contributed by atoms with Gasteiger partial charge in [-0.05, 0) is 54.7 Å². The average Bonchev–Trinajstić information content (AvgIpc) is 3.22. The molecule has 1 atom stereocenters. The van der Waals surface area contributed by atoms with Crippen LogP contribution in [0.4, 0.5) is 13.2 Å². The molecule has 0 radical (unpaired) electrons. The first-order valence-corrected chi connectivity index (χ1v) is 8.39. The molecule has 3 heterocycles. The van der Waals surface area contributed by atoms with Gasteiger partial charge in [-0.3, -0.25) is 14.8 Å². The van der Waals surface area contributed by atoms with Crippen molar-refractivity contribution in [3.05, 3.63) is 53.9 Å². The van der Waals surface area contributed by atoms with Crippen molar-refractivity contribution < 1.29 is 18.0 Å². The van der Waals surface area contributed by atoms with E-state index in [2.05, 4.69) is 15.3 Å². The van der Waals surface area contributed by atoms with Crippen LogP contribution < -0.4 is 5.32 Å². The van der Waals surface area contributed by atoms with Gasteiger partial charge in [-0.1, -0.05) is 12.1 Å². The Kier molecular flexibility index (Phi) is 3.82. The Balaban J connectivity index is 1.64. The molecule has 0 bridgehead atoms. The maximum atomic E-state index is 12.7. The molecule has 1 N–H and O–H groups in total. The first-order chi connectivity index (χ1) is 12.4. The number of hydrogen-bond acceptors (Lipinski definition) is 3. The molecule has 134 valence electrons. The van der Waals surface area contributed by atoms with Gasteiger partial charge in [0, 0.05) is 12.7 Å². The highest BCUT2D eigenvalue weighted by molar-refractivity contribution is 6.05. The number of nitrogens with zero attached hydrogens (tertiary/aromatic N) is 2. The Morgan fingerprint density at radius 2 is 1.81 bits per heavy atom. The number of halogens is 3. The number of pyridine rings is 1. The molecule has 1 aromatic heterocycles. The molecule has 0 unspecified atom stereocenters. The lowest BCUT2D eigenvalue weighted by Gasteiger charge is -2.14. The maximum absolute atomic E-state index is 12.7. The quantitative estimate of drug-likeness (QED) is 0.891. The van der Waals surface area contributed by atoms with Crippen LogP contribution in [0.15, 0.2) is 47.6 Å². The SMILES string of the molecule is O=C1NCC[C@@]12CCC(c1cc(-c3ccc(C(F)(F)F)cc3)ccn1)=N2. The number of rotatable bonds is 2. The zero-order valence-electron chi connectivity index (χ0n) is 13.8. The molecule has 1 saturated heterocycles. The number of hydrogen-bond donors (Lipinski definition) is 1. The number of nitrogens with one attached hydrogen (secondary N) is 1. The van der Waals surface area contributed by atoms with Crippen LogP contribution in [0.2, 0.25) is 0 Å². The summed E-state index contributed by atoms with van der Waals surface area (Å²) in [7, 11) is 0. The molecule has 1 aromatic carbocycles. The highest BCUT2D eigenvalue weighted by Gasteiger charge is 2.45. The van der Waals surface area contributed by atoms with E-state index < -0.39 is 17.3 Å². The van der Waals surface area contributed by atoms with Crippen molar-refractivity contribution in [2.75, 3.05) is 6.54 Å². The van der Waals surface area contributed by atoms with Crippen molar-refractivity contribution in [1.29, 1.82) is 0 Å². The normalized spacial score (nSPS) is 22.6. The van der Waals surface area contributed by atoms with Crippen LogP contribution in [0.1, 0.15) is 30.5 Å². The fraction of sp³-hybridized carbons (Fsp3) is 0.316. The largest absolute Gasteiger partial charge is 0.416 e. The van der Waals surface area contributed by atoms with Crippen LogP contribution in [-0.2, 0) is 11.0 Å². The predicted molar refractivity (Wildman–Crippen MR) is 90.8 cm³/mol. The summed E-state index contributed by atoms with van der Waals surface area (Å²) in [6.45, 7) is 0.634. The lowest BCUT2D eigenvalue weighted by molar-refractivity contribution is -0.137. The second-order valence-electron chi connectivity index (χ2n) is 6.60. The summed E-state index contributed by atoms with van der Waals surface area (Å²) in [5, 5.41) is 2.82. The van der Waals surface area contributed by atoms with Crippen molar-refractivity contribution >= 4 is 11.6 Å². The zero-order valence-corrected chi connectivity index (χ0v) is 13.8. The van der Waals surface area contributed by atoms with E-state index in [1.165, 1.54) is 12.1 Å². The van der Waals surface area contributed by atoms with E-state index in [-0.39, 0.29) is 5.91 Å². The number of amides is 1. The van der Waals surface area contributed by atoms with Gasteiger partial charge in [-0.15, -0.1) is 0 Å². The van der Waals surface area contributed by atoms with Gasteiger partial charge in [0.2, 0.25) is 5.91 Å². The first kappa shape index (κ1) is 16.8. The fourth-order valence-electron chi connectivity index (χ4n) is 3.51. The molecule has 26 heavy (non-hydrogen) atoms. The molecule has 0 aliphatic carbocycles. The van der Waals surface area contributed by atoms with Gasteiger partial charge in [0.15, 0.2) is 0 Å². The third-order valence-corrected chi connectivity index (χ3v) is 4.97. The van der Waals surface area contributed by atoms with E-state index >= 15 is 0 Å². The van der Waals surface area contributed by atoms with E-state index in [0.717, 1.165) is 23.4 Å². The number of carbonyl (C=O) groups is 1. The van der Waals surface area contributed by atoms with E-state index in [4.69, 9.17) is 0 Å². The van der Waals surface area contributed by atoms with Crippen molar-refractivity contribution in [2.45, 2.75) is 31.0 Å². The Labute approximate surface area is 148 Å². The lowest BCUT2D eigenvalue weighted by atomic mass is 9.95. The summed E-state index contributed by atoms with van der Waals surface area (Å²) in [5.41, 5.74) is 1.54. The highest BCUT2D eigenvalue weighted by atomic mass is 19.4. The molecule has 0 saturated carbocycles. The van der Waals surface area contributed by atoms with E-state index in [0.29, 0.717) is 37.1 Å². The number of benzene rings is 1. The van der Waals surface area contributed by atoms with Crippen molar-refractivity contribution in [2.24, 2.45) is 4.99 Å². The molecular formula is C19H16F3N3O. The monoisotopic (exact) mass is 359 g/mol.